The molecule has 6 nitrogen and oxygen atoms in total. The molecular formula is C12H15NO5S. The molecule has 0 aliphatic heterocycles. The summed E-state index contributed by atoms with van der Waals surface area (Å²) in [5.74, 6) is -1.83. The SMILES string of the molecule is CC(=O)Nc1ccc(C(=O)CS(=O)(=O)CCO)cc1. The lowest BCUT2D eigenvalue weighted by Gasteiger charge is -2.04. The number of hydrogen-bond acceptors (Lipinski definition) is 5. The number of carbonyl (C=O) groups is 2. The molecule has 1 rings (SSSR count). The molecule has 7 heteroatoms. The molecule has 0 aliphatic carbocycles. The fourth-order valence-electron chi connectivity index (χ4n) is 1.44. The number of hydrogen-bond donors (Lipinski definition) is 2. The highest BCUT2D eigenvalue weighted by molar-refractivity contribution is 7.92. The molecule has 0 unspecified atom stereocenters. The summed E-state index contributed by atoms with van der Waals surface area (Å²) in [5.41, 5.74) is 0.776. The highest BCUT2D eigenvalue weighted by Gasteiger charge is 2.17. The van der Waals surface area contributed by atoms with Gasteiger partial charge in [-0.1, -0.05) is 0 Å². The van der Waals surface area contributed by atoms with Crippen molar-refractivity contribution in [3.05, 3.63) is 29.8 Å². The van der Waals surface area contributed by atoms with Crippen molar-refractivity contribution in [2.75, 3.05) is 23.4 Å². The van der Waals surface area contributed by atoms with E-state index in [1.165, 1.54) is 31.2 Å². The predicted molar refractivity (Wildman–Crippen MR) is 70.8 cm³/mol. The fraction of sp³-hybridized carbons (Fsp3) is 0.333. The molecule has 0 saturated heterocycles. The van der Waals surface area contributed by atoms with Crippen molar-refractivity contribution in [3.8, 4) is 0 Å². The van der Waals surface area contributed by atoms with Crippen LogP contribution in [0.4, 0.5) is 5.69 Å². The molecule has 0 bridgehead atoms. The van der Waals surface area contributed by atoms with Crippen molar-refractivity contribution >= 4 is 27.2 Å². The minimum Gasteiger partial charge on any atom is -0.395 e. The van der Waals surface area contributed by atoms with Crippen molar-refractivity contribution in [1.29, 1.82) is 0 Å². The zero-order chi connectivity index (χ0) is 14.5. The summed E-state index contributed by atoms with van der Waals surface area (Å²) in [4.78, 5) is 22.5. The van der Waals surface area contributed by atoms with Crippen molar-refractivity contribution in [2.24, 2.45) is 0 Å². The number of benzene rings is 1. The minimum absolute atomic E-state index is 0.232. The number of amides is 1. The maximum atomic E-state index is 11.7. The normalized spacial score (nSPS) is 11.1. The van der Waals surface area contributed by atoms with Gasteiger partial charge in [-0.2, -0.15) is 0 Å². The highest BCUT2D eigenvalue weighted by Crippen LogP contribution is 2.11. The number of nitrogens with one attached hydrogen (secondary N) is 1. The van der Waals surface area contributed by atoms with Crippen LogP contribution in [0.25, 0.3) is 0 Å². The average molecular weight is 285 g/mol. The molecule has 2 N–H and O–H groups in total. The molecule has 1 aromatic rings. The first-order valence-corrected chi connectivity index (χ1v) is 7.38. The Morgan fingerprint density at radius 2 is 1.79 bits per heavy atom. The molecule has 104 valence electrons. The zero-order valence-electron chi connectivity index (χ0n) is 10.4. The quantitative estimate of drug-likeness (QED) is 0.729. The molecule has 19 heavy (non-hydrogen) atoms. The minimum atomic E-state index is -3.58. The molecule has 0 fully saturated rings. The van der Waals surface area contributed by atoms with Crippen molar-refractivity contribution in [1.82, 2.24) is 0 Å². The summed E-state index contributed by atoms with van der Waals surface area (Å²) < 4.78 is 22.8. The second-order valence-corrected chi connectivity index (χ2v) is 6.18. The van der Waals surface area contributed by atoms with Crippen LogP contribution >= 0.6 is 0 Å². The lowest BCUT2D eigenvalue weighted by atomic mass is 10.1. The molecule has 1 amide bonds. The van der Waals surface area contributed by atoms with Crippen LogP contribution in [-0.4, -0.2) is 43.3 Å². The summed E-state index contributed by atoms with van der Waals surface area (Å²) in [6.45, 7) is 0.859. The molecule has 0 radical (unpaired) electrons. The summed E-state index contributed by atoms with van der Waals surface area (Å²) in [5, 5.41) is 11.1. The van der Waals surface area contributed by atoms with E-state index in [2.05, 4.69) is 5.32 Å². The number of rotatable bonds is 6. The number of aliphatic hydroxyl groups is 1. The maximum absolute atomic E-state index is 11.7. The Morgan fingerprint density at radius 1 is 1.21 bits per heavy atom. The molecular weight excluding hydrogens is 270 g/mol. The number of ketones is 1. The summed E-state index contributed by atoms with van der Waals surface area (Å²) in [7, 11) is -3.58. The van der Waals surface area contributed by atoms with Gasteiger partial charge in [-0.3, -0.25) is 9.59 Å². The highest BCUT2D eigenvalue weighted by atomic mass is 32.2. The van der Waals surface area contributed by atoms with Gasteiger partial charge >= 0.3 is 0 Å². The van der Waals surface area contributed by atoms with E-state index in [4.69, 9.17) is 5.11 Å². The van der Waals surface area contributed by atoms with Gasteiger partial charge in [-0.05, 0) is 24.3 Å². The largest absolute Gasteiger partial charge is 0.395 e. The van der Waals surface area contributed by atoms with Gasteiger partial charge in [-0.25, -0.2) is 8.42 Å². The number of sulfone groups is 1. The summed E-state index contributed by atoms with van der Waals surface area (Å²) in [6, 6.07) is 5.94. The lowest BCUT2D eigenvalue weighted by Crippen LogP contribution is -2.20. The van der Waals surface area contributed by atoms with E-state index < -0.39 is 33.7 Å². The first-order valence-electron chi connectivity index (χ1n) is 5.56. The third-order valence-electron chi connectivity index (χ3n) is 2.28. The molecule has 1 aromatic carbocycles. The van der Waals surface area contributed by atoms with Crippen LogP contribution in [0.15, 0.2) is 24.3 Å². The third-order valence-corrected chi connectivity index (χ3v) is 3.79. The van der Waals surface area contributed by atoms with E-state index >= 15 is 0 Å². The first kappa shape index (κ1) is 15.3. The van der Waals surface area contributed by atoms with Crippen molar-refractivity contribution < 1.29 is 23.1 Å². The molecule has 0 aromatic heterocycles. The lowest BCUT2D eigenvalue weighted by molar-refractivity contribution is -0.114. The van der Waals surface area contributed by atoms with Gasteiger partial charge in [0, 0.05) is 18.2 Å². The van der Waals surface area contributed by atoms with Gasteiger partial charge in [0.1, 0.15) is 5.75 Å². The van der Waals surface area contributed by atoms with Crippen LogP contribution in [0.5, 0.6) is 0 Å². The van der Waals surface area contributed by atoms with Gasteiger partial charge in [-0.15, -0.1) is 0 Å². The Hall–Kier alpha value is -1.73. The number of aliphatic hydroxyl groups excluding tert-OH is 1. The molecule has 0 spiro atoms. The third kappa shape index (κ3) is 5.19. The Bertz CT molecular complexity index is 562. The second kappa shape index (κ2) is 6.44. The summed E-state index contributed by atoms with van der Waals surface area (Å²) >= 11 is 0. The van der Waals surface area contributed by atoms with E-state index in [0.717, 1.165) is 0 Å². The second-order valence-electron chi connectivity index (χ2n) is 4.00. The Labute approximate surface area is 111 Å². The molecule has 0 atom stereocenters. The Balaban J connectivity index is 2.76. The van der Waals surface area contributed by atoms with Gasteiger partial charge in [0.15, 0.2) is 15.6 Å². The number of Topliss-reactive ketones (excluding diaryl/α,β-unsaturated/α-hetero) is 1. The van der Waals surface area contributed by atoms with Gasteiger partial charge in [0.2, 0.25) is 5.91 Å². The standard InChI is InChI=1S/C12H15NO5S/c1-9(15)13-11-4-2-10(3-5-11)12(16)8-19(17,18)7-6-14/h2-5,14H,6-8H2,1H3,(H,13,15). The average Bonchev–Trinajstić information content (AvgIpc) is 2.28. The summed E-state index contributed by atoms with van der Waals surface area (Å²) in [6.07, 6.45) is 0. The molecule has 0 saturated carbocycles. The van der Waals surface area contributed by atoms with Crippen LogP contribution in [0, 0.1) is 0 Å². The van der Waals surface area contributed by atoms with Crippen LogP contribution in [0.2, 0.25) is 0 Å². The predicted octanol–water partition coefficient (Wildman–Crippen LogP) is 0.235. The zero-order valence-corrected chi connectivity index (χ0v) is 11.2. The fourth-order valence-corrected chi connectivity index (χ4v) is 2.43. The van der Waals surface area contributed by atoms with Gasteiger partial charge < -0.3 is 10.4 Å². The number of anilines is 1. The van der Waals surface area contributed by atoms with Crippen LogP contribution in [-0.2, 0) is 14.6 Å². The first-order chi connectivity index (χ1) is 8.84. The van der Waals surface area contributed by atoms with Gasteiger partial charge in [0.25, 0.3) is 0 Å². The number of carbonyl (C=O) groups excluding carboxylic acids is 2. The van der Waals surface area contributed by atoms with E-state index in [1.54, 1.807) is 0 Å². The maximum Gasteiger partial charge on any atom is 0.221 e. The topological polar surface area (TPSA) is 101 Å². The van der Waals surface area contributed by atoms with E-state index in [0.29, 0.717) is 5.69 Å². The molecule has 0 heterocycles. The monoisotopic (exact) mass is 285 g/mol. The van der Waals surface area contributed by atoms with Crippen LogP contribution in [0.1, 0.15) is 17.3 Å². The van der Waals surface area contributed by atoms with Crippen molar-refractivity contribution in [3.63, 3.8) is 0 Å². The van der Waals surface area contributed by atoms with E-state index in [9.17, 15) is 18.0 Å². The van der Waals surface area contributed by atoms with Crippen LogP contribution in [0.3, 0.4) is 0 Å². The van der Waals surface area contributed by atoms with E-state index in [1.807, 2.05) is 0 Å². The smallest absolute Gasteiger partial charge is 0.221 e. The Kier molecular flexibility index (Phi) is 5.20. The van der Waals surface area contributed by atoms with E-state index in [-0.39, 0.29) is 11.5 Å². The van der Waals surface area contributed by atoms with Crippen LogP contribution < -0.4 is 5.32 Å². The molecule has 0 aliphatic rings. The van der Waals surface area contributed by atoms with Gasteiger partial charge in [0.05, 0.1) is 12.4 Å². The Morgan fingerprint density at radius 3 is 2.26 bits per heavy atom. The van der Waals surface area contributed by atoms with Crippen molar-refractivity contribution in [2.45, 2.75) is 6.92 Å².